The maximum Gasteiger partial charge on any atom is 0.227 e. The van der Waals surface area contributed by atoms with E-state index in [1.54, 1.807) is 0 Å². The molecule has 2 aliphatic rings. The number of amides is 1. The number of carbonyl (C=O) groups is 1. The van der Waals surface area contributed by atoms with Crippen LogP contribution in [0.4, 0.5) is 0 Å². The highest BCUT2D eigenvalue weighted by atomic mass is 35.5. The van der Waals surface area contributed by atoms with Gasteiger partial charge in [-0.25, -0.2) is 0 Å². The minimum Gasteiger partial charge on any atom is -0.335 e. The number of nitrogens with zero attached hydrogens (tertiary/aromatic N) is 1. The molecule has 0 aromatic heterocycles. The van der Waals surface area contributed by atoms with Gasteiger partial charge >= 0.3 is 0 Å². The van der Waals surface area contributed by atoms with E-state index in [1.165, 1.54) is 0 Å². The van der Waals surface area contributed by atoms with Gasteiger partial charge < -0.3 is 10.2 Å². The highest BCUT2D eigenvalue weighted by molar-refractivity contribution is 6.30. The molecule has 2 fully saturated rings. The lowest BCUT2D eigenvalue weighted by Gasteiger charge is -2.27. The molecule has 4 heteroatoms. The third-order valence-electron chi connectivity index (χ3n) is 4.34. The summed E-state index contributed by atoms with van der Waals surface area (Å²) in [6.45, 7) is 4.17. The van der Waals surface area contributed by atoms with E-state index in [0.29, 0.717) is 29.4 Å². The zero-order valence-electron chi connectivity index (χ0n) is 11.1. The predicted octanol–water partition coefficient (Wildman–Crippen LogP) is 2.09. The van der Waals surface area contributed by atoms with Crippen molar-refractivity contribution in [3.8, 4) is 0 Å². The van der Waals surface area contributed by atoms with Gasteiger partial charge in [0.05, 0.1) is 6.42 Å². The van der Waals surface area contributed by atoms with Crippen molar-refractivity contribution in [3.05, 3.63) is 34.9 Å². The number of halogens is 1. The molecule has 3 unspecified atom stereocenters. The molecule has 2 aliphatic heterocycles. The number of carbonyl (C=O) groups excluding carboxylic acids is 1. The van der Waals surface area contributed by atoms with Gasteiger partial charge in [0.2, 0.25) is 5.91 Å². The first-order valence-corrected chi connectivity index (χ1v) is 7.29. The summed E-state index contributed by atoms with van der Waals surface area (Å²) in [4.78, 5) is 14.6. The van der Waals surface area contributed by atoms with Crippen molar-refractivity contribution in [2.24, 2.45) is 5.92 Å². The SMILES string of the molecule is CC1CC2CNCC2N1C(=O)Cc1ccc(Cl)cc1. The summed E-state index contributed by atoms with van der Waals surface area (Å²) < 4.78 is 0. The largest absolute Gasteiger partial charge is 0.335 e. The second-order valence-electron chi connectivity index (χ2n) is 5.67. The standard InChI is InChI=1S/C15H19ClN2O/c1-10-6-12-8-17-9-14(12)18(10)15(19)7-11-2-4-13(16)5-3-11/h2-5,10,12,14,17H,6-9H2,1H3. The maximum absolute atomic E-state index is 12.5. The third kappa shape index (κ3) is 2.49. The number of benzene rings is 1. The molecule has 1 aromatic rings. The average molecular weight is 279 g/mol. The van der Waals surface area contributed by atoms with Crippen LogP contribution >= 0.6 is 11.6 Å². The summed E-state index contributed by atoms with van der Waals surface area (Å²) in [5.41, 5.74) is 1.04. The molecule has 0 spiro atoms. The highest BCUT2D eigenvalue weighted by Crippen LogP contribution is 2.32. The fraction of sp³-hybridized carbons (Fsp3) is 0.533. The monoisotopic (exact) mass is 278 g/mol. The maximum atomic E-state index is 12.5. The van der Waals surface area contributed by atoms with Gasteiger partial charge in [-0.05, 0) is 37.0 Å². The molecule has 19 heavy (non-hydrogen) atoms. The van der Waals surface area contributed by atoms with Gasteiger partial charge in [0.1, 0.15) is 0 Å². The van der Waals surface area contributed by atoms with Crippen LogP contribution in [0, 0.1) is 5.92 Å². The van der Waals surface area contributed by atoms with Gasteiger partial charge in [-0.15, -0.1) is 0 Å². The normalized spacial score (nSPS) is 29.6. The van der Waals surface area contributed by atoms with Crippen molar-refractivity contribution in [1.82, 2.24) is 10.2 Å². The topological polar surface area (TPSA) is 32.3 Å². The van der Waals surface area contributed by atoms with E-state index in [1.807, 2.05) is 24.3 Å². The quantitative estimate of drug-likeness (QED) is 0.898. The van der Waals surface area contributed by atoms with Crippen molar-refractivity contribution >= 4 is 17.5 Å². The molecule has 3 rings (SSSR count). The molecule has 1 N–H and O–H groups in total. The van der Waals surface area contributed by atoms with Crippen LogP contribution in [-0.2, 0) is 11.2 Å². The van der Waals surface area contributed by atoms with Crippen LogP contribution in [-0.4, -0.2) is 36.0 Å². The molecule has 2 heterocycles. The minimum atomic E-state index is 0.242. The highest BCUT2D eigenvalue weighted by Gasteiger charge is 2.43. The molecule has 0 saturated carbocycles. The molecule has 3 nitrogen and oxygen atoms in total. The Kier molecular flexibility index (Phi) is 3.50. The van der Waals surface area contributed by atoms with Crippen molar-refractivity contribution in [1.29, 1.82) is 0 Å². The van der Waals surface area contributed by atoms with Gasteiger partial charge in [-0.1, -0.05) is 23.7 Å². The van der Waals surface area contributed by atoms with Crippen molar-refractivity contribution in [2.75, 3.05) is 13.1 Å². The van der Waals surface area contributed by atoms with Gasteiger partial charge in [-0.2, -0.15) is 0 Å². The van der Waals surface area contributed by atoms with E-state index in [0.717, 1.165) is 25.1 Å². The van der Waals surface area contributed by atoms with Gasteiger partial charge in [0.15, 0.2) is 0 Å². The Morgan fingerprint density at radius 3 is 2.84 bits per heavy atom. The molecule has 2 saturated heterocycles. The number of nitrogens with one attached hydrogen (secondary N) is 1. The van der Waals surface area contributed by atoms with Crippen LogP contribution in [0.15, 0.2) is 24.3 Å². The molecule has 1 amide bonds. The van der Waals surface area contributed by atoms with Crippen LogP contribution < -0.4 is 5.32 Å². The molecule has 3 atom stereocenters. The van der Waals surface area contributed by atoms with Crippen LogP contribution in [0.2, 0.25) is 5.02 Å². The average Bonchev–Trinajstić information content (AvgIpc) is 2.91. The number of hydrogen-bond donors (Lipinski definition) is 1. The summed E-state index contributed by atoms with van der Waals surface area (Å²) in [5.74, 6) is 0.884. The van der Waals surface area contributed by atoms with Crippen LogP contribution in [0.5, 0.6) is 0 Å². The summed E-state index contributed by atoms with van der Waals surface area (Å²) >= 11 is 5.87. The lowest BCUT2D eigenvalue weighted by molar-refractivity contribution is -0.133. The first-order chi connectivity index (χ1) is 9.15. The Bertz CT molecular complexity index is 474. The second-order valence-corrected chi connectivity index (χ2v) is 6.11. The first kappa shape index (κ1) is 12.9. The van der Waals surface area contributed by atoms with Crippen LogP contribution in [0.1, 0.15) is 18.9 Å². The Balaban J connectivity index is 1.71. The van der Waals surface area contributed by atoms with E-state index >= 15 is 0 Å². The zero-order valence-corrected chi connectivity index (χ0v) is 11.9. The Hall–Kier alpha value is -1.06. The summed E-state index contributed by atoms with van der Waals surface area (Å²) in [6, 6.07) is 8.33. The Labute approximate surface area is 118 Å². The van der Waals surface area contributed by atoms with Crippen molar-refractivity contribution in [3.63, 3.8) is 0 Å². The number of likely N-dealkylation sites (tertiary alicyclic amines) is 1. The van der Waals surface area contributed by atoms with E-state index < -0.39 is 0 Å². The van der Waals surface area contributed by atoms with E-state index in [4.69, 9.17) is 11.6 Å². The smallest absolute Gasteiger partial charge is 0.227 e. The van der Waals surface area contributed by atoms with Crippen LogP contribution in [0.3, 0.4) is 0 Å². The lowest BCUT2D eigenvalue weighted by Crippen LogP contribution is -2.43. The van der Waals surface area contributed by atoms with Gasteiger partial charge in [-0.3, -0.25) is 4.79 Å². The zero-order chi connectivity index (χ0) is 13.4. The van der Waals surface area contributed by atoms with Crippen molar-refractivity contribution < 1.29 is 4.79 Å². The third-order valence-corrected chi connectivity index (χ3v) is 4.59. The molecule has 102 valence electrons. The fourth-order valence-corrected chi connectivity index (χ4v) is 3.59. The van der Waals surface area contributed by atoms with Gasteiger partial charge in [0.25, 0.3) is 0 Å². The molecular formula is C15H19ClN2O. The fourth-order valence-electron chi connectivity index (χ4n) is 3.46. The van der Waals surface area contributed by atoms with Crippen LogP contribution in [0.25, 0.3) is 0 Å². The van der Waals surface area contributed by atoms with E-state index in [2.05, 4.69) is 17.1 Å². The van der Waals surface area contributed by atoms with Gasteiger partial charge in [0, 0.05) is 30.2 Å². The molecular weight excluding hydrogens is 260 g/mol. The predicted molar refractivity (Wildman–Crippen MR) is 76.2 cm³/mol. The number of rotatable bonds is 2. The number of fused-ring (bicyclic) bond motifs is 1. The Morgan fingerprint density at radius 2 is 2.11 bits per heavy atom. The lowest BCUT2D eigenvalue weighted by atomic mass is 10.0. The second kappa shape index (κ2) is 5.14. The summed E-state index contributed by atoms with van der Waals surface area (Å²) in [5, 5.41) is 4.10. The minimum absolute atomic E-state index is 0.242. The Morgan fingerprint density at radius 1 is 1.37 bits per heavy atom. The molecule has 0 aliphatic carbocycles. The summed E-state index contributed by atoms with van der Waals surface area (Å²) in [6.07, 6.45) is 1.61. The number of hydrogen-bond acceptors (Lipinski definition) is 2. The molecule has 0 radical (unpaired) electrons. The molecule has 0 bridgehead atoms. The molecule has 1 aromatic carbocycles. The van der Waals surface area contributed by atoms with Crippen molar-refractivity contribution in [2.45, 2.75) is 31.8 Å². The van der Waals surface area contributed by atoms with E-state index in [9.17, 15) is 4.79 Å². The first-order valence-electron chi connectivity index (χ1n) is 6.91. The van der Waals surface area contributed by atoms with E-state index in [-0.39, 0.29) is 5.91 Å². The summed E-state index contributed by atoms with van der Waals surface area (Å²) in [7, 11) is 0.